The van der Waals surface area contributed by atoms with Crippen LogP contribution in [0.2, 0.25) is 5.02 Å². The summed E-state index contributed by atoms with van der Waals surface area (Å²) >= 11 is 7.68. The molecule has 0 saturated heterocycles. The number of thiophene rings is 1. The summed E-state index contributed by atoms with van der Waals surface area (Å²) in [5.41, 5.74) is 0. The first kappa shape index (κ1) is 10.6. The van der Waals surface area contributed by atoms with Crippen LogP contribution in [0.15, 0.2) is 11.4 Å². The SMILES string of the molecule is CC#CCC(NC)c1sccc1Cl. The summed E-state index contributed by atoms with van der Waals surface area (Å²) in [6.07, 6.45) is 0.813. The Kier molecular flexibility index (Phi) is 4.31. The van der Waals surface area contributed by atoms with Crippen LogP contribution in [0.4, 0.5) is 0 Å². The van der Waals surface area contributed by atoms with Crippen molar-refractivity contribution in [2.24, 2.45) is 0 Å². The van der Waals surface area contributed by atoms with Gasteiger partial charge in [0.05, 0.1) is 11.1 Å². The Hall–Kier alpha value is -0.490. The molecular formula is C10H12ClNS. The van der Waals surface area contributed by atoms with E-state index in [-0.39, 0.29) is 6.04 Å². The van der Waals surface area contributed by atoms with Crippen molar-refractivity contribution in [1.82, 2.24) is 5.32 Å². The van der Waals surface area contributed by atoms with Gasteiger partial charge in [-0.3, -0.25) is 0 Å². The monoisotopic (exact) mass is 213 g/mol. The maximum atomic E-state index is 6.01. The molecule has 1 heterocycles. The van der Waals surface area contributed by atoms with Gasteiger partial charge in [-0.25, -0.2) is 0 Å². The van der Waals surface area contributed by atoms with Crippen molar-refractivity contribution >= 4 is 22.9 Å². The number of rotatable bonds is 3. The van der Waals surface area contributed by atoms with Crippen LogP contribution in [0.25, 0.3) is 0 Å². The summed E-state index contributed by atoms with van der Waals surface area (Å²) in [6, 6.07) is 2.19. The van der Waals surface area contributed by atoms with Crippen LogP contribution in [-0.2, 0) is 0 Å². The Bertz CT molecular complexity index is 321. The van der Waals surface area contributed by atoms with Crippen molar-refractivity contribution in [3.05, 3.63) is 21.3 Å². The molecule has 1 aromatic rings. The van der Waals surface area contributed by atoms with Gasteiger partial charge >= 0.3 is 0 Å². The minimum atomic E-state index is 0.264. The number of hydrogen-bond donors (Lipinski definition) is 1. The van der Waals surface area contributed by atoms with E-state index in [0.29, 0.717) is 0 Å². The Morgan fingerprint density at radius 2 is 2.46 bits per heavy atom. The summed E-state index contributed by atoms with van der Waals surface area (Å²) in [7, 11) is 1.93. The molecule has 1 nitrogen and oxygen atoms in total. The largest absolute Gasteiger partial charge is 0.311 e. The lowest BCUT2D eigenvalue weighted by atomic mass is 10.2. The maximum absolute atomic E-state index is 6.01. The van der Waals surface area contributed by atoms with Gasteiger partial charge in [0.25, 0.3) is 0 Å². The smallest absolute Gasteiger partial charge is 0.0561 e. The third-order valence-corrected chi connectivity index (χ3v) is 3.26. The zero-order chi connectivity index (χ0) is 9.68. The fourth-order valence-corrected chi connectivity index (χ4v) is 2.38. The van der Waals surface area contributed by atoms with Crippen LogP contribution in [0.3, 0.4) is 0 Å². The Labute approximate surface area is 88.1 Å². The van der Waals surface area contributed by atoms with Crippen LogP contribution in [-0.4, -0.2) is 7.05 Å². The average Bonchev–Trinajstić information content (AvgIpc) is 2.54. The molecule has 1 unspecified atom stereocenters. The van der Waals surface area contributed by atoms with Gasteiger partial charge in [-0.2, -0.15) is 0 Å². The molecule has 0 radical (unpaired) electrons. The van der Waals surface area contributed by atoms with Crippen LogP contribution >= 0.6 is 22.9 Å². The predicted octanol–water partition coefficient (Wildman–Crippen LogP) is 3.08. The van der Waals surface area contributed by atoms with E-state index in [1.54, 1.807) is 11.3 Å². The lowest BCUT2D eigenvalue weighted by Gasteiger charge is -2.11. The molecule has 0 spiro atoms. The summed E-state index contributed by atoms with van der Waals surface area (Å²) in [5.74, 6) is 5.94. The lowest BCUT2D eigenvalue weighted by Crippen LogP contribution is -2.14. The van der Waals surface area contributed by atoms with E-state index in [1.807, 2.05) is 25.4 Å². The van der Waals surface area contributed by atoms with E-state index in [1.165, 1.54) is 4.88 Å². The highest BCUT2D eigenvalue weighted by molar-refractivity contribution is 7.10. The fraction of sp³-hybridized carbons (Fsp3) is 0.400. The summed E-state index contributed by atoms with van der Waals surface area (Å²) in [4.78, 5) is 1.17. The lowest BCUT2D eigenvalue weighted by molar-refractivity contribution is 0.622. The molecule has 0 aromatic carbocycles. The molecule has 0 saturated carbocycles. The van der Waals surface area contributed by atoms with Crippen molar-refractivity contribution in [3.63, 3.8) is 0 Å². The average molecular weight is 214 g/mol. The summed E-state index contributed by atoms with van der Waals surface area (Å²) in [5, 5.41) is 6.04. The molecule has 13 heavy (non-hydrogen) atoms. The van der Waals surface area contributed by atoms with Crippen LogP contribution in [0, 0.1) is 11.8 Å². The molecule has 1 N–H and O–H groups in total. The molecule has 1 rings (SSSR count). The van der Waals surface area contributed by atoms with Gasteiger partial charge in [0, 0.05) is 11.3 Å². The van der Waals surface area contributed by atoms with Gasteiger partial charge in [-0.1, -0.05) is 11.6 Å². The number of hydrogen-bond acceptors (Lipinski definition) is 2. The van der Waals surface area contributed by atoms with Crippen molar-refractivity contribution in [3.8, 4) is 11.8 Å². The standard InChI is InChI=1S/C10H12ClNS/c1-3-4-5-9(12-2)10-8(11)6-7-13-10/h6-7,9,12H,5H2,1-2H3. The molecule has 0 bridgehead atoms. The molecular weight excluding hydrogens is 202 g/mol. The predicted molar refractivity (Wildman–Crippen MR) is 59.2 cm³/mol. The van der Waals surface area contributed by atoms with Crippen molar-refractivity contribution in [1.29, 1.82) is 0 Å². The molecule has 1 aromatic heterocycles. The van der Waals surface area contributed by atoms with Gasteiger partial charge in [-0.15, -0.1) is 23.2 Å². The second-order valence-electron chi connectivity index (χ2n) is 2.60. The zero-order valence-electron chi connectivity index (χ0n) is 7.73. The molecule has 0 aliphatic carbocycles. The molecule has 0 fully saturated rings. The minimum absolute atomic E-state index is 0.264. The van der Waals surface area contributed by atoms with Crippen LogP contribution in [0.1, 0.15) is 24.3 Å². The third kappa shape index (κ3) is 2.73. The minimum Gasteiger partial charge on any atom is -0.311 e. The van der Waals surface area contributed by atoms with Gasteiger partial charge in [-0.05, 0) is 25.4 Å². The Balaban J connectivity index is 2.76. The topological polar surface area (TPSA) is 12.0 Å². The maximum Gasteiger partial charge on any atom is 0.0561 e. The van der Waals surface area contributed by atoms with Crippen molar-refractivity contribution in [2.45, 2.75) is 19.4 Å². The van der Waals surface area contributed by atoms with Gasteiger partial charge in [0.15, 0.2) is 0 Å². The molecule has 0 aliphatic rings. The van der Waals surface area contributed by atoms with E-state index in [2.05, 4.69) is 17.2 Å². The number of halogens is 1. The normalized spacial score (nSPS) is 11.9. The van der Waals surface area contributed by atoms with E-state index in [4.69, 9.17) is 11.6 Å². The fourth-order valence-electron chi connectivity index (χ4n) is 1.08. The Morgan fingerprint density at radius 3 is 2.92 bits per heavy atom. The molecule has 0 aliphatic heterocycles. The second kappa shape index (κ2) is 5.29. The first-order valence-corrected chi connectivity index (χ1v) is 5.35. The molecule has 0 amide bonds. The van der Waals surface area contributed by atoms with Gasteiger partial charge in [0.2, 0.25) is 0 Å². The van der Waals surface area contributed by atoms with Gasteiger partial charge < -0.3 is 5.32 Å². The Morgan fingerprint density at radius 1 is 1.69 bits per heavy atom. The second-order valence-corrected chi connectivity index (χ2v) is 3.96. The zero-order valence-corrected chi connectivity index (χ0v) is 9.30. The molecule has 70 valence electrons. The highest BCUT2D eigenvalue weighted by Crippen LogP contribution is 2.29. The van der Waals surface area contributed by atoms with E-state index >= 15 is 0 Å². The highest BCUT2D eigenvalue weighted by atomic mass is 35.5. The third-order valence-electron chi connectivity index (χ3n) is 1.79. The van der Waals surface area contributed by atoms with Gasteiger partial charge in [0.1, 0.15) is 0 Å². The molecule has 3 heteroatoms. The quantitative estimate of drug-likeness (QED) is 0.761. The first-order valence-electron chi connectivity index (χ1n) is 4.09. The van der Waals surface area contributed by atoms with E-state index < -0.39 is 0 Å². The van der Waals surface area contributed by atoms with Crippen molar-refractivity contribution in [2.75, 3.05) is 7.05 Å². The summed E-state index contributed by atoms with van der Waals surface area (Å²) in [6.45, 7) is 1.85. The van der Waals surface area contributed by atoms with E-state index in [9.17, 15) is 0 Å². The summed E-state index contributed by atoms with van der Waals surface area (Å²) < 4.78 is 0. The van der Waals surface area contributed by atoms with Crippen LogP contribution in [0.5, 0.6) is 0 Å². The molecule has 1 atom stereocenters. The highest BCUT2D eigenvalue weighted by Gasteiger charge is 2.12. The number of nitrogens with one attached hydrogen (secondary N) is 1. The van der Waals surface area contributed by atoms with Crippen molar-refractivity contribution < 1.29 is 0 Å². The van der Waals surface area contributed by atoms with Crippen LogP contribution < -0.4 is 5.32 Å². The first-order chi connectivity index (χ1) is 6.29. The van der Waals surface area contributed by atoms with E-state index in [0.717, 1.165) is 11.4 Å².